The summed E-state index contributed by atoms with van der Waals surface area (Å²) >= 11 is 0. The van der Waals surface area contributed by atoms with Crippen molar-refractivity contribution >= 4 is 5.84 Å². The van der Waals surface area contributed by atoms with Crippen molar-refractivity contribution < 1.29 is 9.13 Å². The van der Waals surface area contributed by atoms with Crippen LogP contribution >= 0.6 is 0 Å². The van der Waals surface area contributed by atoms with Crippen LogP contribution in [0.1, 0.15) is 11.1 Å². The predicted molar refractivity (Wildman–Crippen MR) is 99.9 cm³/mol. The van der Waals surface area contributed by atoms with Gasteiger partial charge < -0.3 is 9.75 Å². The lowest BCUT2D eigenvalue weighted by atomic mass is 10.1. The lowest BCUT2D eigenvalue weighted by molar-refractivity contribution is 0.321. The molecule has 0 bridgehead atoms. The molecule has 1 heterocycles. The van der Waals surface area contributed by atoms with Gasteiger partial charge in [-0.25, -0.2) is 9.37 Å². The molecule has 0 saturated heterocycles. The Labute approximate surface area is 152 Å². The van der Waals surface area contributed by atoms with Crippen molar-refractivity contribution in [3.05, 3.63) is 84.2 Å². The van der Waals surface area contributed by atoms with Crippen LogP contribution < -0.4 is 4.74 Å². The first kappa shape index (κ1) is 17.7. The Balaban J connectivity index is 1.79. The van der Waals surface area contributed by atoms with E-state index in [1.807, 2.05) is 49.1 Å². The second kappa shape index (κ2) is 8.29. The molecule has 26 heavy (non-hydrogen) atoms. The standard InChI is InChI=1S/C20H21FN4O/c1-24(2)23-20(25-13-12-22-15-25)18-5-3-4-6-19(18)26-14-11-16-7-9-17(21)10-8-16/h3-10,12-13,15H,11,14H2,1-2H3/b23-20+. The quantitative estimate of drug-likeness (QED) is 0.388. The number of hydrogen-bond acceptors (Lipinski definition) is 4. The molecule has 0 unspecified atom stereocenters. The van der Waals surface area contributed by atoms with Crippen LogP contribution in [0.4, 0.5) is 4.39 Å². The molecule has 0 aliphatic rings. The highest BCUT2D eigenvalue weighted by Gasteiger charge is 2.13. The molecule has 6 heteroatoms. The van der Waals surface area contributed by atoms with Gasteiger partial charge in [-0.05, 0) is 29.8 Å². The van der Waals surface area contributed by atoms with Crippen molar-refractivity contribution in [2.45, 2.75) is 6.42 Å². The van der Waals surface area contributed by atoms with Gasteiger partial charge in [-0.3, -0.25) is 4.57 Å². The van der Waals surface area contributed by atoms with E-state index in [4.69, 9.17) is 4.74 Å². The fraction of sp³-hybridized carbons (Fsp3) is 0.200. The van der Waals surface area contributed by atoms with Gasteiger partial charge in [0, 0.05) is 32.9 Å². The number of nitrogens with zero attached hydrogens (tertiary/aromatic N) is 4. The number of aromatic nitrogens is 2. The number of halogens is 1. The lowest BCUT2D eigenvalue weighted by Crippen LogP contribution is -2.18. The molecule has 0 amide bonds. The summed E-state index contributed by atoms with van der Waals surface area (Å²) in [5.41, 5.74) is 1.90. The second-order valence-electron chi connectivity index (χ2n) is 5.96. The van der Waals surface area contributed by atoms with E-state index < -0.39 is 0 Å². The Hall–Kier alpha value is -3.15. The number of ether oxygens (including phenoxy) is 1. The molecule has 0 aliphatic heterocycles. The minimum atomic E-state index is -0.232. The zero-order valence-electron chi connectivity index (χ0n) is 14.8. The summed E-state index contributed by atoms with van der Waals surface area (Å²) in [6.07, 6.45) is 5.96. The van der Waals surface area contributed by atoms with E-state index in [2.05, 4.69) is 10.1 Å². The SMILES string of the molecule is CN(C)/N=C(\c1ccccc1OCCc1ccc(F)cc1)n1ccnc1. The summed E-state index contributed by atoms with van der Waals surface area (Å²) < 4.78 is 20.9. The monoisotopic (exact) mass is 352 g/mol. The van der Waals surface area contributed by atoms with Gasteiger partial charge in [0.2, 0.25) is 0 Å². The predicted octanol–water partition coefficient (Wildman–Crippen LogP) is 3.42. The number of hydrogen-bond donors (Lipinski definition) is 0. The zero-order chi connectivity index (χ0) is 18.4. The average molecular weight is 352 g/mol. The Kier molecular flexibility index (Phi) is 5.63. The van der Waals surface area contributed by atoms with Crippen LogP contribution in [0.15, 0.2) is 72.4 Å². The largest absolute Gasteiger partial charge is 0.492 e. The molecule has 0 radical (unpaired) electrons. The molecule has 2 aromatic carbocycles. The lowest BCUT2D eigenvalue weighted by Gasteiger charge is -2.16. The fourth-order valence-electron chi connectivity index (χ4n) is 2.53. The summed E-state index contributed by atoms with van der Waals surface area (Å²) in [7, 11) is 3.74. The molecule has 3 aromatic rings. The van der Waals surface area contributed by atoms with Crippen molar-refractivity contribution in [2.75, 3.05) is 20.7 Å². The van der Waals surface area contributed by atoms with Crippen molar-refractivity contribution in [1.29, 1.82) is 0 Å². The maximum Gasteiger partial charge on any atom is 0.168 e. The van der Waals surface area contributed by atoms with Crippen LogP contribution in [0.5, 0.6) is 5.75 Å². The van der Waals surface area contributed by atoms with Gasteiger partial charge in [0.25, 0.3) is 0 Å². The molecule has 0 atom stereocenters. The summed E-state index contributed by atoms with van der Waals surface area (Å²) in [6.45, 7) is 0.488. The van der Waals surface area contributed by atoms with Crippen LogP contribution in [0.3, 0.4) is 0 Å². The minimum Gasteiger partial charge on any atom is -0.492 e. The Morgan fingerprint density at radius 1 is 1.15 bits per heavy atom. The first-order chi connectivity index (χ1) is 12.6. The number of benzene rings is 2. The maximum absolute atomic E-state index is 13.0. The second-order valence-corrected chi connectivity index (χ2v) is 5.96. The zero-order valence-corrected chi connectivity index (χ0v) is 14.8. The van der Waals surface area contributed by atoms with E-state index in [-0.39, 0.29) is 5.82 Å². The first-order valence-electron chi connectivity index (χ1n) is 8.34. The number of para-hydroxylation sites is 1. The highest BCUT2D eigenvalue weighted by Crippen LogP contribution is 2.20. The van der Waals surface area contributed by atoms with E-state index in [1.54, 1.807) is 29.7 Å². The van der Waals surface area contributed by atoms with Crippen LogP contribution in [0.2, 0.25) is 0 Å². The molecule has 0 saturated carbocycles. The molecule has 134 valence electrons. The smallest absolute Gasteiger partial charge is 0.168 e. The maximum atomic E-state index is 13.0. The van der Waals surface area contributed by atoms with Gasteiger partial charge in [-0.2, -0.15) is 5.10 Å². The summed E-state index contributed by atoms with van der Waals surface area (Å²) in [5, 5.41) is 6.32. The van der Waals surface area contributed by atoms with Crippen molar-refractivity contribution in [2.24, 2.45) is 5.10 Å². The van der Waals surface area contributed by atoms with Crippen molar-refractivity contribution in [3.8, 4) is 5.75 Å². The molecule has 0 spiro atoms. The number of hydrazone groups is 1. The molecule has 0 aliphatic carbocycles. The normalized spacial score (nSPS) is 11.4. The molecule has 1 aromatic heterocycles. The molecule has 3 rings (SSSR count). The third-order valence-corrected chi connectivity index (χ3v) is 3.73. The summed E-state index contributed by atoms with van der Waals surface area (Å²) in [5.74, 6) is 1.23. The van der Waals surface area contributed by atoms with Gasteiger partial charge in [0.1, 0.15) is 17.9 Å². The van der Waals surface area contributed by atoms with Crippen molar-refractivity contribution in [3.63, 3.8) is 0 Å². The average Bonchev–Trinajstić information content (AvgIpc) is 3.16. The van der Waals surface area contributed by atoms with Gasteiger partial charge in [0.15, 0.2) is 5.84 Å². The van der Waals surface area contributed by atoms with Gasteiger partial charge in [-0.15, -0.1) is 0 Å². The van der Waals surface area contributed by atoms with Gasteiger partial charge in [-0.1, -0.05) is 24.3 Å². The van der Waals surface area contributed by atoms with Gasteiger partial charge >= 0.3 is 0 Å². The Morgan fingerprint density at radius 3 is 2.62 bits per heavy atom. The highest BCUT2D eigenvalue weighted by atomic mass is 19.1. The van der Waals surface area contributed by atoms with E-state index in [9.17, 15) is 4.39 Å². The molecule has 0 N–H and O–H groups in total. The van der Waals surface area contributed by atoms with Gasteiger partial charge in [0.05, 0.1) is 12.2 Å². The fourth-order valence-corrected chi connectivity index (χ4v) is 2.53. The van der Waals surface area contributed by atoms with E-state index in [1.165, 1.54) is 12.1 Å². The molecular weight excluding hydrogens is 331 g/mol. The Morgan fingerprint density at radius 2 is 1.92 bits per heavy atom. The first-order valence-corrected chi connectivity index (χ1v) is 8.34. The molecular formula is C20H21FN4O. The van der Waals surface area contributed by atoms with E-state index in [0.717, 1.165) is 22.7 Å². The van der Waals surface area contributed by atoms with Crippen LogP contribution in [0, 0.1) is 5.82 Å². The number of rotatable bonds is 6. The highest BCUT2D eigenvalue weighted by molar-refractivity contribution is 6.02. The molecule has 5 nitrogen and oxygen atoms in total. The number of imidazole rings is 1. The Bertz CT molecular complexity index is 858. The third-order valence-electron chi connectivity index (χ3n) is 3.73. The summed E-state index contributed by atoms with van der Waals surface area (Å²) in [4.78, 5) is 4.11. The van der Waals surface area contributed by atoms with Crippen LogP contribution in [0.25, 0.3) is 0 Å². The molecule has 0 fully saturated rings. The summed E-state index contributed by atoms with van der Waals surface area (Å²) in [6, 6.07) is 14.2. The van der Waals surface area contributed by atoms with Crippen LogP contribution in [-0.2, 0) is 6.42 Å². The topological polar surface area (TPSA) is 42.6 Å². The van der Waals surface area contributed by atoms with E-state index in [0.29, 0.717) is 13.0 Å². The minimum absolute atomic E-state index is 0.232. The van der Waals surface area contributed by atoms with Crippen molar-refractivity contribution in [1.82, 2.24) is 14.6 Å². The van der Waals surface area contributed by atoms with E-state index >= 15 is 0 Å². The third kappa shape index (κ3) is 4.47. The van der Waals surface area contributed by atoms with Crippen LogP contribution in [-0.4, -0.2) is 41.1 Å².